The van der Waals surface area contributed by atoms with Crippen LogP contribution in [0, 0.1) is 0 Å². The summed E-state index contributed by atoms with van der Waals surface area (Å²) >= 11 is 0. The molecular weight excluding hydrogens is 569 g/mol. The molecule has 0 spiro atoms. The van der Waals surface area contributed by atoms with E-state index in [1.165, 1.54) is 36.8 Å². The van der Waals surface area contributed by atoms with Gasteiger partial charge in [-0.15, -0.1) is 0 Å². The number of carboxylic acids is 3. The molecule has 3 aromatic heterocycles. The molecule has 0 saturated heterocycles. The number of hydrogen-bond acceptors (Lipinski definition) is 15. The van der Waals surface area contributed by atoms with Gasteiger partial charge in [0.2, 0.25) is 0 Å². The van der Waals surface area contributed by atoms with Crippen molar-refractivity contribution in [1.29, 1.82) is 0 Å². The first kappa shape index (κ1) is 43.2. The zero-order valence-corrected chi connectivity index (χ0v) is 22.8. The van der Waals surface area contributed by atoms with Crippen LogP contribution in [0.1, 0.15) is 31.5 Å². The number of aromatic carboxylic acids is 3. The Bertz CT molecular complexity index is 843. The number of nitrogens with two attached hydrogens (primary N) is 6. The molecule has 40 heavy (non-hydrogen) atoms. The van der Waals surface area contributed by atoms with E-state index >= 15 is 0 Å². The predicted octanol–water partition coefficient (Wildman–Crippen LogP) is -4.96. The molecule has 0 bridgehead atoms. The largest absolute Gasteiger partial charge is 3.00 e. The van der Waals surface area contributed by atoms with Crippen molar-refractivity contribution in [3.63, 3.8) is 0 Å². The normalized spacial score (nSPS) is 8.25. The molecule has 0 atom stereocenters. The van der Waals surface area contributed by atoms with Gasteiger partial charge in [0.25, 0.3) is 0 Å². The Kier molecular flexibility index (Phi) is 35.8. The van der Waals surface area contributed by atoms with Crippen LogP contribution in [0.15, 0.2) is 73.2 Å². The quantitative estimate of drug-likeness (QED) is 0.153. The Morgan fingerprint density at radius 1 is 0.475 bits per heavy atom. The zero-order chi connectivity index (χ0) is 30.3. The minimum atomic E-state index is -1.24. The summed E-state index contributed by atoms with van der Waals surface area (Å²) in [4.78, 5) is 40.6. The SMILES string of the molecule is NCCN.NCCN.NCCN.O=C([O-])c1ccccn1.O=C([O-])c1ccccn1.O=C([O-])c1ccccn1.[Co+3]. The van der Waals surface area contributed by atoms with Gasteiger partial charge in [-0.3, -0.25) is 15.0 Å². The van der Waals surface area contributed by atoms with Crippen molar-refractivity contribution in [3.05, 3.63) is 90.3 Å². The Balaban J connectivity index is -0.000000202. The summed E-state index contributed by atoms with van der Waals surface area (Å²) in [6, 6.07) is 13.9. The number of rotatable bonds is 6. The maximum absolute atomic E-state index is 10.0. The Labute approximate surface area is 243 Å². The molecule has 0 amide bonds. The molecule has 0 aliphatic rings. The second-order valence-electron chi connectivity index (χ2n) is 6.24. The van der Waals surface area contributed by atoms with Crippen LogP contribution in [0.5, 0.6) is 0 Å². The molecule has 222 valence electrons. The van der Waals surface area contributed by atoms with E-state index in [0.717, 1.165) is 0 Å². The van der Waals surface area contributed by atoms with Gasteiger partial charge >= 0.3 is 16.8 Å². The molecule has 0 saturated carbocycles. The molecule has 3 aromatic rings. The van der Waals surface area contributed by atoms with Crippen molar-refractivity contribution in [2.75, 3.05) is 39.3 Å². The molecule has 0 aliphatic heterocycles. The molecule has 0 fully saturated rings. The summed E-state index contributed by atoms with van der Waals surface area (Å²) in [5.41, 5.74) is 29.3. The second kappa shape index (κ2) is 33.2. The van der Waals surface area contributed by atoms with Crippen molar-refractivity contribution in [2.24, 2.45) is 34.4 Å². The van der Waals surface area contributed by atoms with Gasteiger partial charge in [0, 0.05) is 57.9 Å². The van der Waals surface area contributed by atoms with Crippen LogP contribution in [-0.4, -0.2) is 72.1 Å². The van der Waals surface area contributed by atoms with Gasteiger partial charge in [0.05, 0.1) is 35.0 Å². The summed E-state index contributed by atoms with van der Waals surface area (Å²) < 4.78 is 0. The molecule has 0 radical (unpaired) electrons. The standard InChI is InChI=1S/3C6H5NO2.3C2H8N2.Co/c3*8-6(9)5-3-1-2-4-7-5;3*3-1-2-4;/h3*1-4H,(H,8,9);3*1-4H2;/q;;;;;;+3/p-3. The Morgan fingerprint density at radius 3 is 0.750 bits per heavy atom. The minimum absolute atomic E-state index is 0. The summed E-state index contributed by atoms with van der Waals surface area (Å²) in [5, 5.41) is 30.1. The van der Waals surface area contributed by atoms with Crippen molar-refractivity contribution in [3.8, 4) is 0 Å². The molecule has 0 unspecified atom stereocenters. The Morgan fingerprint density at radius 2 is 0.675 bits per heavy atom. The fraction of sp³-hybridized carbons (Fsp3) is 0.250. The van der Waals surface area contributed by atoms with Crippen molar-refractivity contribution in [2.45, 2.75) is 0 Å². The van der Waals surface area contributed by atoms with Gasteiger partial charge in [0.15, 0.2) is 0 Å². The molecule has 15 nitrogen and oxygen atoms in total. The smallest absolute Gasteiger partial charge is 0.543 e. The maximum atomic E-state index is 10.0. The maximum Gasteiger partial charge on any atom is 3.00 e. The van der Waals surface area contributed by atoms with Crippen LogP contribution >= 0.6 is 0 Å². The van der Waals surface area contributed by atoms with E-state index in [1.807, 2.05) is 0 Å². The molecule has 12 N–H and O–H groups in total. The van der Waals surface area contributed by atoms with Gasteiger partial charge in [0.1, 0.15) is 0 Å². The molecule has 3 rings (SSSR count). The molecule has 3 heterocycles. The molecule has 0 aromatic carbocycles. The van der Waals surface area contributed by atoms with E-state index < -0.39 is 17.9 Å². The van der Waals surface area contributed by atoms with Crippen molar-refractivity contribution in [1.82, 2.24) is 15.0 Å². The summed E-state index contributed by atoms with van der Waals surface area (Å²) in [5.74, 6) is -3.72. The number of carbonyl (C=O) groups is 3. The zero-order valence-electron chi connectivity index (χ0n) is 21.8. The number of hydrogen-bond donors (Lipinski definition) is 6. The van der Waals surface area contributed by atoms with Crippen molar-refractivity contribution < 1.29 is 46.5 Å². The summed E-state index contributed by atoms with van der Waals surface area (Å²) in [7, 11) is 0. The summed E-state index contributed by atoms with van der Waals surface area (Å²) in [6.45, 7) is 3.58. The van der Waals surface area contributed by atoms with Gasteiger partial charge in [-0.2, -0.15) is 0 Å². The van der Waals surface area contributed by atoms with Crippen LogP contribution in [0.2, 0.25) is 0 Å². The summed E-state index contributed by atoms with van der Waals surface area (Å²) in [6.07, 6.45) is 4.22. The van der Waals surface area contributed by atoms with E-state index in [1.54, 1.807) is 36.4 Å². The van der Waals surface area contributed by atoms with Gasteiger partial charge in [-0.1, -0.05) is 18.2 Å². The molecule has 16 heteroatoms. The first-order valence-electron chi connectivity index (χ1n) is 11.2. The number of nitrogens with zero attached hydrogens (tertiary/aromatic N) is 3. The van der Waals surface area contributed by atoms with Crippen molar-refractivity contribution >= 4 is 17.9 Å². The number of carboxylic acid groups (broad SMARTS) is 3. The Hall–Kier alpha value is -3.87. The monoisotopic (exact) mass is 605 g/mol. The third-order valence-corrected chi connectivity index (χ3v) is 3.12. The average Bonchev–Trinajstić information content (AvgIpc) is 2.99. The van der Waals surface area contributed by atoms with Crippen LogP contribution < -0.4 is 49.7 Å². The van der Waals surface area contributed by atoms with E-state index in [9.17, 15) is 29.7 Å². The number of pyridine rings is 3. The number of carbonyl (C=O) groups excluding carboxylic acids is 3. The van der Waals surface area contributed by atoms with Crippen LogP contribution in [0.4, 0.5) is 0 Å². The van der Waals surface area contributed by atoms with Crippen LogP contribution in [0.3, 0.4) is 0 Å². The predicted molar refractivity (Wildman–Crippen MR) is 140 cm³/mol. The average molecular weight is 606 g/mol. The van der Waals surface area contributed by atoms with E-state index in [-0.39, 0.29) is 33.9 Å². The molecular formula is C24H36CoN9O6. The van der Waals surface area contributed by atoms with Gasteiger partial charge in [-0.05, 0) is 36.4 Å². The first-order valence-corrected chi connectivity index (χ1v) is 11.2. The third kappa shape index (κ3) is 30.4. The van der Waals surface area contributed by atoms with Crippen LogP contribution in [-0.2, 0) is 16.8 Å². The fourth-order valence-electron chi connectivity index (χ4n) is 1.45. The minimum Gasteiger partial charge on any atom is -0.543 e. The topological polar surface area (TPSA) is 315 Å². The first-order chi connectivity index (χ1) is 18.7. The number of aromatic nitrogens is 3. The van der Waals surface area contributed by atoms with E-state index in [0.29, 0.717) is 39.3 Å². The third-order valence-electron chi connectivity index (χ3n) is 3.12. The van der Waals surface area contributed by atoms with E-state index in [4.69, 9.17) is 34.4 Å². The second-order valence-corrected chi connectivity index (χ2v) is 6.24. The van der Waals surface area contributed by atoms with E-state index in [2.05, 4.69) is 15.0 Å². The fourth-order valence-corrected chi connectivity index (χ4v) is 1.45. The molecule has 0 aliphatic carbocycles. The van der Waals surface area contributed by atoms with Crippen LogP contribution in [0.25, 0.3) is 0 Å². The van der Waals surface area contributed by atoms with Gasteiger partial charge in [-0.25, -0.2) is 0 Å². The van der Waals surface area contributed by atoms with Gasteiger partial charge < -0.3 is 64.1 Å².